The van der Waals surface area contributed by atoms with Crippen LogP contribution in [-0.4, -0.2) is 21.6 Å². The normalized spacial score (nSPS) is 10.5. The van der Waals surface area contributed by atoms with Gasteiger partial charge in [-0.2, -0.15) is 5.10 Å². The number of nitrogens with zero attached hydrogens (tertiary/aromatic N) is 2. The molecule has 0 bridgehead atoms. The van der Waals surface area contributed by atoms with Gasteiger partial charge < -0.3 is 10.6 Å². The molecule has 0 aliphatic rings. The number of nitrogens with one attached hydrogen (secondary N) is 2. The van der Waals surface area contributed by atoms with Crippen LogP contribution in [0, 0.1) is 19.7 Å². The van der Waals surface area contributed by atoms with Crippen molar-refractivity contribution < 1.29 is 14.0 Å². The van der Waals surface area contributed by atoms with Crippen LogP contribution in [-0.2, 0) is 4.79 Å². The highest BCUT2D eigenvalue weighted by molar-refractivity contribution is 6.04. The Morgan fingerprint density at radius 2 is 1.70 bits per heavy atom. The Morgan fingerprint density at radius 3 is 2.30 bits per heavy atom. The van der Waals surface area contributed by atoms with E-state index in [9.17, 15) is 14.0 Å². The summed E-state index contributed by atoms with van der Waals surface area (Å²) in [6, 6.07) is 12.8. The molecule has 0 unspecified atom stereocenters. The summed E-state index contributed by atoms with van der Waals surface area (Å²) in [5.74, 6) is -1.32. The van der Waals surface area contributed by atoms with Crippen LogP contribution in [0.15, 0.2) is 48.5 Å². The van der Waals surface area contributed by atoms with Gasteiger partial charge in [0.2, 0.25) is 5.91 Å². The lowest BCUT2D eigenvalue weighted by molar-refractivity contribution is -0.114. The van der Waals surface area contributed by atoms with Gasteiger partial charge in [-0.25, -0.2) is 9.07 Å². The van der Waals surface area contributed by atoms with Crippen molar-refractivity contribution in [3.8, 4) is 5.69 Å². The predicted octanol–water partition coefficient (Wildman–Crippen LogP) is 3.84. The van der Waals surface area contributed by atoms with Gasteiger partial charge in [-0.3, -0.25) is 9.59 Å². The Balaban J connectivity index is 1.79. The first kappa shape index (κ1) is 18.3. The van der Waals surface area contributed by atoms with Gasteiger partial charge >= 0.3 is 0 Å². The zero-order valence-corrected chi connectivity index (χ0v) is 15.2. The molecule has 6 nitrogen and oxygen atoms in total. The third-order valence-electron chi connectivity index (χ3n) is 3.92. The zero-order valence-electron chi connectivity index (χ0n) is 15.2. The molecule has 2 aromatic carbocycles. The minimum Gasteiger partial charge on any atom is -0.326 e. The van der Waals surface area contributed by atoms with Crippen LogP contribution in [0.5, 0.6) is 0 Å². The minimum atomic E-state index is -0.586. The molecule has 0 radical (unpaired) electrons. The van der Waals surface area contributed by atoms with Crippen molar-refractivity contribution in [1.82, 2.24) is 9.78 Å². The summed E-state index contributed by atoms with van der Waals surface area (Å²) in [5.41, 5.74) is 3.50. The summed E-state index contributed by atoms with van der Waals surface area (Å²) >= 11 is 0. The number of anilines is 2. The maximum atomic E-state index is 14.0. The molecule has 0 aliphatic heterocycles. The highest BCUT2D eigenvalue weighted by atomic mass is 19.1. The Labute approximate surface area is 156 Å². The molecule has 0 saturated carbocycles. The first-order valence-electron chi connectivity index (χ1n) is 8.35. The summed E-state index contributed by atoms with van der Waals surface area (Å²) in [5, 5.41) is 9.48. The lowest BCUT2D eigenvalue weighted by Gasteiger charge is -2.10. The molecule has 0 saturated heterocycles. The van der Waals surface area contributed by atoms with Crippen molar-refractivity contribution in [2.45, 2.75) is 20.8 Å². The number of halogens is 1. The van der Waals surface area contributed by atoms with Crippen LogP contribution in [0.3, 0.4) is 0 Å². The predicted molar refractivity (Wildman–Crippen MR) is 102 cm³/mol. The first-order chi connectivity index (χ1) is 12.8. The molecule has 0 spiro atoms. The van der Waals surface area contributed by atoms with E-state index >= 15 is 0 Å². The van der Waals surface area contributed by atoms with E-state index in [1.54, 1.807) is 28.9 Å². The van der Waals surface area contributed by atoms with Crippen molar-refractivity contribution in [1.29, 1.82) is 0 Å². The quantitative estimate of drug-likeness (QED) is 0.737. The molecule has 2 amide bonds. The summed E-state index contributed by atoms with van der Waals surface area (Å²) in [6.07, 6.45) is 0. The van der Waals surface area contributed by atoms with Gasteiger partial charge in [-0.1, -0.05) is 0 Å². The van der Waals surface area contributed by atoms with E-state index < -0.39 is 11.7 Å². The second kappa shape index (κ2) is 7.41. The molecule has 27 heavy (non-hydrogen) atoms. The largest absolute Gasteiger partial charge is 0.326 e. The van der Waals surface area contributed by atoms with Crippen LogP contribution in [0.2, 0.25) is 0 Å². The maximum absolute atomic E-state index is 14.0. The number of aromatic nitrogens is 2. The monoisotopic (exact) mass is 366 g/mol. The second-order valence-electron chi connectivity index (χ2n) is 6.22. The van der Waals surface area contributed by atoms with Gasteiger partial charge in [0.15, 0.2) is 0 Å². The first-order valence-corrected chi connectivity index (χ1v) is 8.35. The Hall–Kier alpha value is -3.48. The van der Waals surface area contributed by atoms with Crippen molar-refractivity contribution >= 4 is 23.2 Å². The van der Waals surface area contributed by atoms with Gasteiger partial charge in [0.1, 0.15) is 5.82 Å². The van der Waals surface area contributed by atoms with Crippen LogP contribution < -0.4 is 10.6 Å². The standard InChI is InChI=1S/C20H19FN4O2/c1-12-10-13(2)25(24-12)17-7-4-15(5-8-17)20(27)23-19-11-16(22-14(3)26)6-9-18(19)21/h4-11H,1-3H3,(H,22,26)(H,23,27). The second-order valence-corrected chi connectivity index (χ2v) is 6.22. The zero-order chi connectivity index (χ0) is 19.6. The third-order valence-corrected chi connectivity index (χ3v) is 3.92. The van der Waals surface area contributed by atoms with Gasteiger partial charge in [-0.15, -0.1) is 0 Å². The molecule has 1 aromatic heterocycles. The fourth-order valence-corrected chi connectivity index (χ4v) is 2.74. The number of hydrogen-bond acceptors (Lipinski definition) is 3. The average molecular weight is 366 g/mol. The number of benzene rings is 2. The molecule has 2 N–H and O–H groups in total. The molecule has 3 aromatic rings. The Morgan fingerprint density at radius 1 is 1.00 bits per heavy atom. The number of carbonyl (C=O) groups is 2. The van der Waals surface area contributed by atoms with E-state index in [-0.39, 0.29) is 11.6 Å². The van der Waals surface area contributed by atoms with Crippen LogP contribution in [0.4, 0.5) is 15.8 Å². The third kappa shape index (κ3) is 4.20. The van der Waals surface area contributed by atoms with E-state index in [1.165, 1.54) is 25.1 Å². The highest BCUT2D eigenvalue weighted by Gasteiger charge is 2.12. The van der Waals surface area contributed by atoms with Crippen LogP contribution in [0.1, 0.15) is 28.7 Å². The number of carbonyl (C=O) groups excluding carboxylic acids is 2. The smallest absolute Gasteiger partial charge is 0.255 e. The Bertz CT molecular complexity index is 1010. The summed E-state index contributed by atoms with van der Waals surface area (Å²) < 4.78 is 15.8. The van der Waals surface area contributed by atoms with Crippen molar-refractivity contribution in [3.05, 3.63) is 71.3 Å². The molecule has 138 valence electrons. The molecule has 0 fully saturated rings. The SMILES string of the molecule is CC(=O)Nc1ccc(F)c(NC(=O)c2ccc(-n3nc(C)cc3C)cc2)c1. The summed E-state index contributed by atoms with van der Waals surface area (Å²) in [7, 11) is 0. The van der Waals surface area contributed by atoms with E-state index in [2.05, 4.69) is 15.7 Å². The number of aryl methyl sites for hydroxylation is 2. The number of rotatable bonds is 4. The lowest BCUT2D eigenvalue weighted by Crippen LogP contribution is -2.14. The van der Waals surface area contributed by atoms with Crippen molar-refractivity contribution in [3.63, 3.8) is 0 Å². The molecule has 7 heteroatoms. The number of hydrogen-bond donors (Lipinski definition) is 2. The fraction of sp³-hybridized carbons (Fsp3) is 0.150. The topological polar surface area (TPSA) is 76.0 Å². The van der Waals surface area contributed by atoms with E-state index in [0.29, 0.717) is 11.3 Å². The average Bonchev–Trinajstić information content (AvgIpc) is 2.96. The van der Waals surface area contributed by atoms with E-state index in [4.69, 9.17) is 0 Å². The van der Waals surface area contributed by atoms with E-state index in [1.807, 2.05) is 19.9 Å². The van der Waals surface area contributed by atoms with Gasteiger partial charge in [0.25, 0.3) is 5.91 Å². The molecular weight excluding hydrogens is 347 g/mol. The molecular formula is C20H19FN4O2. The lowest BCUT2D eigenvalue weighted by atomic mass is 10.2. The molecule has 0 atom stereocenters. The van der Waals surface area contributed by atoms with Gasteiger partial charge in [0.05, 0.1) is 17.1 Å². The maximum Gasteiger partial charge on any atom is 0.255 e. The summed E-state index contributed by atoms with van der Waals surface area (Å²) in [6.45, 7) is 5.21. The van der Waals surface area contributed by atoms with Crippen molar-refractivity contribution in [2.75, 3.05) is 10.6 Å². The van der Waals surface area contributed by atoms with Crippen LogP contribution >= 0.6 is 0 Å². The van der Waals surface area contributed by atoms with Gasteiger partial charge in [-0.05, 0) is 62.4 Å². The molecule has 1 heterocycles. The molecule has 3 rings (SSSR count). The van der Waals surface area contributed by atoms with E-state index in [0.717, 1.165) is 17.1 Å². The number of amides is 2. The molecule has 0 aliphatic carbocycles. The highest BCUT2D eigenvalue weighted by Crippen LogP contribution is 2.21. The minimum absolute atomic E-state index is 0.00567. The van der Waals surface area contributed by atoms with Crippen LogP contribution in [0.25, 0.3) is 5.69 Å². The Kier molecular flexibility index (Phi) is 5.03. The fourth-order valence-electron chi connectivity index (χ4n) is 2.74. The van der Waals surface area contributed by atoms with Crippen molar-refractivity contribution in [2.24, 2.45) is 0 Å². The summed E-state index contributed by atoms with van der Waals surface area (Å²) in [4.78, 5) is 23.6. The van der Waals surface area contributed by atoms with Gasteiger partial charge in [0, 0.05) is 23.9 Å².